The first kappa shape index (κ1) is 18.2. The van der Waals surface area contributed by atoms with Crippen LogP contribution in [0.4, 0.5) is 0 Å². The summed E-state index contributed by atoms with van der Waals surface area (Å²) in [7, 11) is 0. The van der Waals surface area contributed by atoms with Gasteiger partial charge in [-0.2, -0.15) is 0 Å². The number of aryl methyl sites for hydroxylation is 1. The molecule has 1 heteroatoms. The molecule has 1 atom stereocenters. The molecule has 0 heterocycles. The molecule has 1 unspecified atom stereocenters. The summed E-state index contributed by atoms with van der Waals surface area (Å²) in [4.78, 5) is 0. The highest BCUT2D eigenvalue weighted by atomic mass is 14.8. The summed E-state index contributed by atoms with van der Waals surface area (Å²) in [6.45, 7) is 8.99. The highest BCUT2D eigenvalue weighted by Gasteiger charge is 2.11. The largest absolute Gasteiger partial charge is 0.316 e. The molecule has 1 N–H and O–H groups in total. The maximum Gasteiger partial charge on any atom is 0.00201 e. The quantitative estimate of drug-likeness (QED) is 0.477. The van der Waals surface area contributed by atoms with Gasteiger partial charge in [0.15, 0.2) is 0 Å². The van der Waals surface area contributed by atoms with Gasteiger partial charge in [-0.05, 0) is 37.8 Å². The Morgan fingerprint density at radius 1 is 0.952 bits per heavy atom. The van der Waals surface area contributed by atoms with E-state index in [4.69, 9.17) is 0 Å². The van der Waals surface area contributed by atoms with Crippen molar-refractivity contribution in [2.24, 2.45) is 0 Å². The topological polar surface area (TPSA) is 12.0 Å². The molecule has 0 fully saturated rings. The van der Waals surface area contributed by atoms with Crippen molar-refractivity contribution in [1.82, 2.24) is 5.32 Å². The summed E-state index contributed by atoms with van der Waals surface area (Å²) in [6.07, 6.45) is 10.9. The van der Waals surface area contributed by atoms with Crippen LogP contribution in [0.2, 0.25) is 0 Å². The Balaban J connectivity index is 2.41. The van der Waals surface area contributed by atoms with Crippen molar-refractivity contribution in [3.63, 3.8) is 0 Å². The van der Waals surface area contributed by atoms with E-state index >= 15 is 0 Å². The molecule has 0 saturated heterocycles. The Morgan fingerprint density at radius 3 is 2.43 bits per heavy atom. The Bertz CT molecular complexity index is 359. The summed E-state index contributed by atoms with van der Waals surface area (Å²) in [6, 6.07) is 9.08. The van der Waals surface area contributed by atoms with E-state index in [0.717, 1.165) is 13.1 Å². The van der Waals surface area contributed by atoms with Crippen molar-refractivity contribution in [1.29, 1.82) is 0 Å². The van der Waals surface area contributed by atoms with Gasteiger partial charge in [-0.15, -0.1) is 0 Å². The summed E-state index contributed by atoms with van der Waals surface area (Å²) < 4.78 is 0. The summed E-state index contributed by atoms with van der Waals surface area (Å²) in [5, 5.41) is 3.61. The van der Waals surface area contributed by atoms with Crippen molar-refractivity contribution in [3.05, 3.63) is 35.4 Å². The number of hydrogen-bond acceptors (Lipinski definition) is 1. The molecular formula is C20H35N. The van der Waals surface area contributed by atoms with E-state index in [9.17, 15) is 0 Å². The van der Waals surface area contributed by atoms with Gasteiger partial charge in [-0.1, -0.05) is 82.2 Å². The normalized spacial score (nSPS) is 12.5. The molecule has 0 radical (unpaired) electrons. The van der Waals surface area contributed by atoms with Crippen LogP contribution in [0.1, 0.15) is 82.3 Å². The van der Waals surface area contributed by atoms with Crippen LogP contribution in [0, 0.1) is 6.92 Å². The van der Waals surface area contributed by atoms with E-state index in [2.05, 4.69) is 50.4 Å². The fourth-order valence-corrected chi connectivity index (χ4v) is 2.93. The Morgan fingerprint density at radius 2 is 1.71 bits per heavy atom. The summed E-state index contributed by atoms with van der Waals surface area (Å²) in [5.41, 5.74) is 2.91. The molecule has 0 aliphatic carbocycles. The first-order valence-electron chi connectivity index (χ1n) is 9.05. The average molecular weight is 290 g/mol. The highest BCUT2D eigenvalue weighted by molar-refractivity contribution is 5.25. The predicted octanol–water partition coefficient (Wildman–Crippen LogP) is 5.83. The Kier molecular flexibility index (Phi) is 10.2. The molecule has 0 saturated carbocycles. The third kappa shape index (κ3) is 8.26. The molecule has 21 heavy (non-hydrogen) atoms. The van der Waals surface area contributed by atoms with E-state index in [0.29, 0.717) is 5.92 Å². The lowest BCUT2D eigenvalue weighted by atomic mass is 9.91. The smallest absolute Gasteiger partial charge is 0.00201 e. The maximum absolute atomic E-state index is 3.61. The highest BCUT2D eigenvalue weighted by Crippen LogP contribution is 2.23. The number of hydrogen-bond donors (Lipinski definition) is 1. The summed E-state index contributed by atoms with van der Waals surface area (Å²) >= 11 is 0. The van der Waals surface area contributed by atoms with Crippen LogP contribution in [0.5, 0.6) is 0 Å². The molecule has 0 amide bonds. The molecule has 1 rings (SSSR count). The van der Waals surface area contributed by atoms with Crippen LogP contribution < -0.4 is 5.32 Å². The lowest BCUT2D eigenvalue weighted by Crippen LogP contribution is -2.22. The van der Waals surface area contributed by atoms with E-state index in [1.807, 2.05) is 0 Å². The molecule has 120 valence electrons. The summed E-state index contributed by atoms with van der Waals surface area (Å²) in [5.74, 6) is 0.683. The Labute approximate surface area is 132 Å². The van der Waals surface area contributed by atoms with Gasteiger partial charge in [0.25, 0.3) is 0 Å². The molecule has 0 aliphatic rings. The zero-order chi connectivity index (χ0) is 15.3. The van der Waals surface area contributed by atoms with Crippen LogP contribution in [0.3, 0.4) is 0 Å². The van der Waals surface area contributed by atoms with Gasteiger partial charge in [-0.25, -0.2) is 0 Å². The minimum absolute atomic E-state index is 0.683. The minimum atomic E-state index is 0.683. The molecule has 0 bridgehead atoms. The van der Waals surface area contributed by atoms with Crippen LogP contribution in [-0.4, -0.2) is 13.1 Å². The maximum atomic E-state index is 3.61. The monoisotopic (exact) mass is 289 g/mol. The van der Waals surface area contributed by atoms with Crippen molar-refractivity contribution in [2.45, 2.75) is 78.1 Å². The van der Waals surface area contributed by atoms with Crippen molar-refractivity contribution >= 4 is 0 Å². The number of benzene rings is 1. The van der Waals surface area contributed by atoms with E-state index < -0.39 is 0 Å². The van der Waals surface area contributed by atoms with Crippen molar-refractivity contribution in [3.8, 4) is 0 Å². The van der Waals surface area contributed by atoms with Gasteiger partial charge in [0.05, 0.1) is 0 Å². The zero-order valence-electron chi connectivity index (χ0n) is 14.5. The van der Waals surface area contributed by atoms with Gasteiger partial charge in [-0.3, -0.25) is 0 Å². The molecule has 0 aliphatic heterocycles. The van der Waals surface area contributed by atoms with Crippen LogP contribution >= 0.6 is 0 Å². The fourth-order valence-electron chi connectivity index (χ4n) is 2.93. The first-order valence-corrected chi connectivity index (χ1v) is 9.05. The lowest BCUT2D eigenvalue weighted by molar-refractivity contribution is 0.506. The Hall–Kier alpha value is -0.820. The van der Waals surface area contributed by atoms with Crippen LogP contribution in [-0.2, 0) is 0 Å². The third-order valence-corrected chi connectivity index (χ3v) is 4.24. The van der Waals surface area contributed by atoms with Gasteiger partial charge < -0.3 is 5.32 Å². The van der Waals surface area contributed by atoms with Gasteiger partial charge >= 0.3 is 0 Å². The first-order chi connectivity index (χ1) is 10.3. The number of rotatable bonds is 12. The standard InChI is InChI=1S/C20H35N/c1-4-6-7-8-9-10-13-20(17-21-15-5-2)19-14-11-12-18(3)16-19/h11-12,14,16,20-21H,4-10,13,15,17H2,1-3H3. The second-order valence-corrected chi connectivity index (χ2v) is 6.37. The lowest BCUT2D eigenvalue weighted by Gasteiger charge is -2.18. The van der Waals surface area contributed by atoms with Gasteiger partial charge in [0.1, 0.15) is 0 Å². The molecule has 1 aromatic carbocycles. The van der Waals surface area contributed by atoms with Crippen molar-refractivity contribution < 1.29 is 0 Å². The van der Waals surface area contributed by atoms with Gasteiger partial charge in [0, 0.05) is 6.54 Å². The van der Waals surface area contributed by atoms with Crippen molar-refractivity contribution in [2.75, 3.05) is 13.1 Å². The van der Waals surface area contributed by atoms with E-state index in [1.54, 1.807) is 0 Å². The van der Waals surface area contributed by atoms with Gasteiger partial charge in [0.2, 0.25) is 0 Å². The second-order valence-electron chi connectivity index (χ2n) is 6.37. The SMILES string of the molecule is CCCCCCCCC(CNCCC)c1cccc(C)c1. The predicted molar refractivity (Wildman–Crippen MR) is 95.1 cm³/mol. The third-order valence-electron chi connectivity index (χ3n) is 4.24. The molecular weight excluding hydrogens is 254 g/mol. The number of nitrogens with one attached hydrogen (secondary N) is 1. The van der Waals surface area contributed by atoms with Crippen LogP contribution in [0.15, 0.2) is 24.3 Å². The average Bonchev–Trinajstić information content (AvgIpc) is 2.49. The van der Waals surface area contributed by atoms with E-state index in [1.165, 1.54) is 62.5 Å². The molecule has 1 nitrogen and oxygen atoms in total. The molecule has 1 aromatic rings. The molecule has 0 aromatic heterocycles. The minimum Gasteiger partial charge on any atom is -0.316 e. The zero-order valence-corrected chi connectivity index (χ0v) is 14.5. The van der Waals surface area contributed by atoms with E-state index in [-0.39, 0.29) is 0 Å². The number of unbranched alkanes of at least 4 members (excludes halogenated alkanes) is 5. The second kappa shape index (κ2) is 11.8. The van der Waals surface area contributed by atoms with Crippen LogP contribution in [0.25, 0.3) is 0 Å². The fraction of sp³-hybridized carbons (Fsp3) is 0.700. The molecule has 0 spiro atoms.